The number of halogens is 1. The maximum absolute atomic E-state index is 6.24. The van der Waals surface area contributed by atoms with E-state index in [0.717, 1.165) is 49.1 Å². The molecule has 118 valence electrons. The van der Waals surface area contributed by atoms with Crippen molar-refractivity contribution in [2.24, 2.45) is 5.92 Å². The first-order valence-corrected chi connectivity index (χ1v) is 8.13. The summed E-state index contributed by atoms with van der Waals surface area (Å²) in [5, 5.41) is 4.11. The first-order chi connectivity index (χ1) is 10.1. The fraction of sp³-hybridized carbons (Fsp3) is 0.688. The Kier molecular flexibility index (Phi) is 6.27. The molecular formula is C16H26ClN3O. The van der Waals surface area contributed by atoms with Crippen molar-refractivity contribution in [2.45, 2.75) is 39.3 Å². The lowest BCUT2D eigenvalue weighted by molar-refractivity contribution is 0.116. The van der Waals surface area contributed by atoms with E-state index < -0.39 is 0 Å². The molecule has 21 heavy (non-hydrogen) atoms. The molecule has 1 saturated heterocycles. The molecule has 0 aromatic carbocycles. The summed E-state index contributed by atoms with van der Waals surface area (Å²) in [5.74, 6) is 1.57. The minimum Gasteiger partial charge on any atom is -0.376 e. The summed E-state index contributed by atoms with van der Waals surface area (Å²) in [6.45, 7) is 7.82. The Morgan fingerprint density at radius 3 is 2.95 bits per heavy atom. The number of aromatic nitrogens is 1. The number of hydrogen-bond acceptors (Lipinski definition) is 4. The van der Waals surface area contributed by atoms with Crippen LogP contribution in [0.15, 0.2) is 12.1 Å². The van der Waals surface area contributed by atoms with Gasteiger partial charge >= 0.3 is 0 Å². The van der Waals surface area contributed by atoms with Crippen LogP contribution in [0.1, 0.15) is 32.4 Å². The molecule has 1 unspecified atom stereocenters. The van der Waals surface area contributed by atoms with Gasteiger partial charge in [-0.2, -0.15) is 0 Å². The van der Waals surface area contributed by atoms with Gasteiger partial charge < -0.3 is 15.0 Å². The fourth-order valence-corrected chi connectivity index (χ4v) is 2.65. The molecule has 0 amide bonds. The Hall–Kier alpha value is -0.840. The molecule has 0 spiro atoms. The summed E-state index contributed by atoms with van der Waals surface area (Å²) in [6.07, 6.45) is 2.63. The number of pyridine rings is 1. The average molecular weight is 312 g/mol. The number of rotatable bonds is 7. The molecule has 1 aromatic rings. The second-order valence-corrected chi connectivity index (χ2v) is 6.55. The Bertz CT molecular complexity index is 447. The maximum atomic E-state index is 6.24. The predicted octanol–water partition coefficient (Wildman–Crippen LogP) is 3.10. The largest absolute Gasteiger partial charge is 0.376 e. The Morgan fingerprint density at radius 2 is 2.29 bits per heavy atom. The number of anilines is 1. The molecule has 0 aliphatic carbocycles. The second kappa shape index (κ2) is 7.97. The third-order valence-electron chi connectivity index (χ3n) is 3.64. The number of ether oxygens (including phenoxy) is 1. The minimum absolute atomic E-state index is 0.329. The van der Waals surface area contributed by atoms with E-state index in [2.05, 4.69) is 36.1 Å². The van der Waals surface area contributed by atoms with Crippen LogP contribution in [0.4, 0.5) is 5.82 Å². The van der Waals surface area contributed by atoms with E-state index >= 15 is 0 Å². The first kappa shape index (κ1) is 16.5. The molecule has 4 nitrogen and oxygen atoms in total. The molecule has 1 N–H and O–H groups in total. The zero-order valence-electron chi connectivity index (χ0n) is 13.2. The molecule has 0 saturated carbocycles. The molecule has 1 aliphatic heterocycles. The molecule has 0 radical (unpaired) electrons. The fourth-order valence-electron chi connectivity index (χ4n) is 2.48. The molecule has 2 rings (SSSR count). The number of nitrogens with one attached hydrogen (secondary N) is 1. The van der Waals surface area contributed by atoms with E-state index in [9.17, 15) is 0 Å². The molecular weight excluding hydrogens is 286 g/mol. The monoisotopic (exact) mass is 311 g/mol. The van der Waals surface area contributed by atoms with E-state index in [4.69, 9.17) is 16.3 Å². The van der Waals surface area contributed by atoms with Crippen molar-refractivity contribution in [3.05, 3.63) is 22.8 Å². The van der Waals surface area contributed by atoms with Gasteiger partial charge in [0, 0.05) is 26.7 Å². The van der Waals surface area contributed by atoms with Gasteiger partial charge in [-0.1, -0.05) is 25.4 Å². The van der Waals surface area contributed by atoms with Crippen LogP contribution >= 0.6 is 11.6 Å². The SMILES string of the molecule is CC(C)CNCc1nc(N(C)CC2CCCO2)ccc1Cl. The van der Waals surface area contributed by atoms with Crippen molar-refractivity contribution in [2.75, 3.05) is 31.6 Å². The van der Waals surface area contributed by atoms with E-state index in [1.165, 1.54) is 0 Å². The molecule has 0 bridgehead atoms. The molecule has 1 fully saturated rings. The lowest BCUT2D eigenvalue weighted by Gasteiger charge is -2.22. The van der Waals surface area contributed by atoms with Crippen LogP contribution in [0.2, 0.25) is 5.02 Å². The van der Waals surface area contributed by atoms with Crippen molar-refractivity contribution < 1.29 is 4.74 Å². The van der Waals surface area contributed by atoms with Gasteiger partial charge in [-0.25, -0.2) is 4.98 Å². The van der Waals surface area contributed by atoms with Crippen LogP contribution in [0, 0.1) is 5.92 Å². The van der Waals surface area contributed by atoms with E-state index in [-0.39, 0.29) is 0 Å². The van der Waals surface area contributed by atoms with Crippen LogP contribution in [0.25, 0.3) is 0 Å². The highest BCUT2D eigenvalue weighted by atomic mass is 35.5. The summed E-state index contributed by atoms with van der Waals surface area (Å²) in [7, 11) is 2.06. The maximum Gasteiger partial charge on any atom is 0.128 e. The van der Waals surface area contributed by atoms with Crippen LogP contribution < -0.4 is 10.2 Å². The lowest BCUT2D eigenvalue weighted by atomic mass is 10.2. The molecule has 1 atom stereocenters. The minimum atomic E-state index is 0.329. The number of likely N-dealkylation sites (N-methyl/N-ethyl adjacent to an activating group) is 1. The van der Waals surface area contributed by atoms with Crippen LogP contribution in [0.3, 0.4) is 0 Å². The first-order valence-electron chi connectivity index (χ1n) is 7.75. The number of hydrogen-bond donors (Lipinski definition) is 1. The van der Waals surface area contributed by atoms with Gasteiger partial charge in [0.25, 0.3) is 0 Å². The van der Waals surface area contributed by atoms with Crippen molar-refractivity contribution in [3.8, 4) is 0 Å². The number of nitrogens with zero attached hydrogens (tertiary/aromatic N) is 2. The summed E-state index contributed by atoms with van der Waals surface area (Å²) in [6, 6.07) is 3.91. The Morgan fingerprint density at radius 1 is 1.48 bits per heavy atom. The topological polar surface area (TPSA) is 37.4 Å². The van der Waals surface area contributed by atoms with E-state index in [1.807, 2.05) is 12.1 Å². The lowest BCUT2D eigenvalue weighted by Crippen LogP contribution is -2.29. The van der Waals surface area contributed by atoms with Gasteiger partial charge in [0.2, 0.25) is 0 Å². The quantitative estimate of drug-likeness (QED) is 0.839. The highest BCUT2D eigenvalue weighted by Gasteiger charge is 2.18. The zero-order valence-corrected chi connectivity index (χ0v) is 14.0. The molecule has 1 aromatic heterocycles. The van der Waals surface area contributed by atoms with Gasteiger partial charge in [-0.3, -0.25) is 0 Å². The van der Waals surface area contributed by atoms with E-state index in [1.54, 1.807) is 0 Å². The van der Waals surface area contributed by atoms with Crippen molar-refractivity contribution in [1.29, 1.82) is 0 Å². The van der Waals surface area contributed by atoms with Gasteiger partial charge in [0.1, 0.15) is 5.82 Å². The van der Waals surface area contributed by atoms with Gasteiger partial charge in [0.05, 0.1) is 16.8 Å². The van der Waals surface area contributed by atoms with Crippen molar-refractivity contribution in [3.63, 3.8) is 0 Å². The molecule has 2 heterocycles. The Balaban J connectivity index is 1.95. The smallest absolute Gasteiger partial charge is 0.128 e. The zero-order chi connectivity index (χ0) is 15.2. The van der Waals surface area contributed by atoms with Gasteiger partial charge in [-0.05, 0) is 37.4 Å². The third kappa shape index (κ3) is 5.13. The average Bonchev–Trinajstić information content (AvgIpc) is 2.93. The standard InChI is InChI=1S/C16H26ClN3O/c1-12(2)9-18-10-15-14(17)6-7-16(19-15)20(3)11-13-5-4-8-21-13/h6-7,12-13,18H,4-5,8-11H2,1-3H3. The summed E-state index contributed by atoms with van der Waals surface area (Å²) >= 11 is 6.24. The summed E-state index contributed by atoms with van der Waals surface area (Å²) in [4.78, 5) is 6.84. The highest BCUT2D eigenvalue weighted by molar-refractivity contribution is 6.31. The van der Waals surface area contributed by atoms with Crippen LogP contribution in [-0.4, -0.2) is 37.8 Å². The Labute approximate surface area is 132 Å². The molecule has 5 heteroatoms. The second-order valence-electron chi connectivity index (χ2n) is 6.14. The summed E-state index contributed by atoms with van der Waals surface area (Å²) < 4.78 is 5.68. The predicted molar refractivity (Wildman–Crippen MR) is 88.0 cm³/mol. The van der Waals surface area contributed by atoms with E-state index in [0.29, 0.717) is 18.6 Å². The van der Waals surface area contributed by atoms with Crippen LogP contribution in [0.5, 0.6) is 0 Å². The molecule has 1 aliphatic rings. The third-order valence-corrected chi connectivity index (χ3v) is 3.99. The summed E-state index contributed by atoms with van der Waals surface area (Å²) in [5.41, 5.74) is 0.911. The van der Waals surface area contributed by atoms with Crippen molar-refractivity contribution >= 4 is 17.4 Å². The van der Waals surface area contributed by atoms with Gasteiger partial charge in [-0.15, -0.1) is 0 Å². The normalized spacial score (nSPS) is 18.4. The van der Waals surface area contributed by atoms with Gasteiger partial charge in [0.15, 0.2) is 0 Å². The van der Waals surface area contributed by atoms with Crippen molar-refractivity contribution in [1.82, 2.24) is 10.3 Å². The highest BCUT2D eigenvalue weighted by Crippen LogP contribution is 2.20. The van der Waals surface area contributed by atoms with Crippen LogP contribution in [-0.2, 0) is 11.3 Å².